The molecule has 0 heterocycles. The third-order valence-electron chi connectivity index (χ3n) is 6.92. The topological polar surface area (TPSA) is 186 Å². The fraction of sp³-hybridized carbons (Fsp3) is 0.438. The predicted molar refractivity (Wildman–Crippen MR) is 164 cm³/mol. The minimum atomic E-state index is -1.22. The highest BCUT2D eigenvalue weighted by molar-refractivity contribution is 6.38. The molecule has 12 nitrogen and oxygen atoms in total. The van der Waals surface area contributed by atoms with Gasteiger partial charge in [-0.1, -0.05) is 94.8 Å². The zero-order valence-corrected chi connectivity index (χ0v) is 25.6. The van der Waals surface area contributed by atoms with E-state index in [-0.39, 0.29) is 25.4 Å². The second kappa shape index (κ2) is 18.0. The zero-order valence-electron chi connectivity index (χ0n) is 25.6. The molecular formula is C32H43N5O7. The Balaban J connectivity index is 2.00. The van der Waals surface area contributed by atoms with Crippen molar-refractivity contribution in [1.29, 1.82) is 0 Å². The van der Waals surface area contributed by atoms with E-state index in [2.05, 4.69) is 21.3 Å². The first-order chi connectivity index (χ1) is 20.9. The molecule has 5 amide bonds. The summed E-state index contributed by atoms with van der Waals surface area (Å²) in [7, 11) is 0. The standard InChI is InChI=1S/C32H43N5O7/c1-5-21(4)27(37-30(41)25(16-20(2)3)36-32(43)44-19-23-14-10-7-11-15-23)28(39)31(42)34-18-26(38)35-24(29(33)40)17-22-12-8-6-9-13-22/h6-15,20-21,24-25,27H,5,16-19H2,1-4H3,(H2,33,40)(H,34,42)(H,35,38)(H,36,43)(H,37,41)/t21-,24-,25-,27?/m0/s1. The van der Waals surface area contributed by atoms with Gasteiger partial charge in [0.1, 0.15) is 18.7 Å². The molecule has 6 N–H and O–H groups in total. The second-order valence-corrected chi connectivity index (χ2v) is 11.0. The predicted octanol–water partition coefficient (Wildman–Crippen LogP) is 1.76. The van der Waals surface area contributed by atoms with Crippen LogP contribution in [0.2, 0.25) is 0 Å². The molecule has 2 aromatic carbocycles. The highest BCUT2D eigenvalue weighted by Crippen LogP contribution is 2.12. The van der Waals surface area contributed by atoms with Gasteiger partial charge in [0.25, 0.3) is 5.91 Å². The first-order valence-corrected chi connectivity index (χ1v) is 14.6. The number of carbonyl (C=O) groups excluding carboxylic acids is 6. The van der Waals surface area contributed by atoms with Crippen LogP contribution in [-0.2, 0) is 41.7 Å². The van der Waals surface area contributed by atoms with Crippen molar-refractivity contribution in [2.75, 3.05) is 6.54 Å². The zero-order chi connectivity index (χ0) is 32.6. The van der Waals surface area contributed by atoms with E-state index >= 15 is 0 Å². The normalized spacial score (nSPS) is 13.5. The van der Waals surface area contributed by atoms with Crippen LogP contribution in [0.3, 0.4) is 0 Å². The van der Waals surface area contributed by atoms with Gasteiger partial charge in [0.2, 0.25) is 23.5 Å². The summed E-state index contributed by atoms with van der Waals surface area (Å²) in [5.41, 5.74) is 6.98. The van der Waals surface area contributed by atoms with Crippen molar-refractivity contribution in [1.82, 2.24) is 21.3 Å². The average Bonchev–Trinajstić information content (AvgIpc) is 3.00. The summed E-state index contributed by atoms with van der Waals surface area (Å²) in [6, 6.07) is 14.7. The van der Waals surface area contributed by atoms with Gasteiger partial charge in [-0.2, -0.15) is 0 Å². The molecule has 2 aromatic rings. The van der Waals surface area contributed by atoms with Crippen LogP contribution in [0.1, 0.15) is 51.7 Å². The van der Waals surface area contributed by atoms with Crippen LogP contribution in [0, 0.1) is 11.8 Å². The monoisotopic (exact) mass is 609 g/mol. The van der Waals surface area contributed by atoms with E-state index < -0.39 is 66.1 Å². The van der Waals surface area contributed by atoms with Crippen LogP contribution in [0.5, 0.6) is 0 Å². The number of nitrogens with one attached hydrogen (secondary N) is 4. The van der Waals surface area contributed by atoms with Gasteiger partial charge < -0.3 is 31.7 Å². The molecule has 2 rings (SSSR count). The number of amides is 5. The molecule has 0 aliphatic carbocycles. The maximum absolute atomic E-state index is 13.3. The van der Waals surface area contributed by atoms with Crippen LogP contribution in [0.25, 0.3) is 0 Å². The van der Waals surface area contributed by atoms with Gasteiger partial charge in [0.15, 0.2) is 0 Å². The van der Waals surface area contributed by atoms with Gasteiger partial charge in [0, 0.05) is 6.42 Å². The molecule has 0 saturated carbocycles. The SMILES string of the molecule is CC[C@H](C)C(NC(=O)[C@H](CC(C)C)NC(=O)OCc1ccccc1)C(=O)C(=O)NCC(=O)N[C@@H](Cc1ccccc1)C(N)=O. The maximum atomic E-state index is 13.3. The fourth-order valence-corrected chi connectivity index (χ4v) is 4.27. The summed E-state index contributed by atoms with van der Waals surface area (Å²) < 4.78 is 5.25. The Kier molecular flexibility index (Phi) is 14.5. The summed E-state index contributed by atoms with van der Waals surface area (Å²) in [6.07, 6.45) is 0.0594. The lowest BCUT2D eigenvalue weighted by Gasteiger charge is -2.26. The number of hydrogen-bond acceptors (Lipinski definition) is 7. The number of alkyl carbamates (subject to hydrolysis) is 1. The van der Waals surface area contributed by atoms with Crippen molar-refractivity contribution >= 4 is 35.5 Å². The van der Waals surface area contributed by atoms with E-state index in [1.165, 1.54) is 0 Å². The Labute approximate surface area is 257 Å². The Bertz CT molecular complexity index is 1270. The van der Waals surface area contributed by atoms with Crippen molar-refractivity contribution in [2.45, 2.75) is 71.7 Å². The Morgan fingerprint density at radius 2 is 1.39 bits per heavy atom. The van der Waals surface area contributed by atoms with Crippen LogP contribution < -0.4 is 27.0 Å². The van der Waals surface area contributed by atoms with Crippen LogP contribution in [-0.4, -0.2) is 60.2 Å². The number of rotatable bonds is 17. The molecule has 0 bridgehead atoms. The van der Waals surface area contributed by atoms with Gasteiger partial charge >= 0.3 is 6.09 Å². The molecule has 238 valence electrons. The number of carbonyl (C=O) groups is 6. The number of ketones is 1. The quantitative estimate of drug-likeness (QED) is 0.169. The molecule has 0 spiro atoms. The van der Waals surface area contributed by atoms with E-state index in [9.17, 15) is 28.8 Å². The summed E-state index contributed by atoms with van der Waals surface area (Å²) in [6.45, 7) is 6.66. The van der Waals surface area contributed by atoms with Gasteiger partial charge in [0.05, 0.1) is 12.6 Å². The second-order valence-electron chi connectivity index (χ2n) is 11.0. The van der Waals surface area contributed by atoms with E-state index in [1.54, 1.807) is 50.2 Å². The number of primary amides is 1. The van der Waals surface area contributed by atoms with Crippen molar-refractivity contribution in [3.05, 3.63) is 71.8 Å². The molecule has 0 aliphatic rings. The van der Waals surface area contributed by atoms with Crippen molar-refractivity contribution < 1.29 is 33.5 Å². The van der Waals surface area contributed by atoms with Gasteiger partial charge in [-0.3, -0.25) is 24.0 Å². The number of hydrogen-bond donors (Lipinski definition) is 5. The molecule has 0 radical (unpaired) electrons. The van der Waals surface area contributed by atoms with E-state index in [0.29, 0.717) is 6.42 Å². The molecule has 0 aromatic heterocycles. The third kappa shape index (κ3) is 12.2. The number of Topliss-reactive ketones (excluding diaryl/α,β-unsaturated/α-hetero) is 1. The lowest BCUT2D eigenvalue weighted by molar-refractivity contribution is -0.141. The summed E-state index contributed by atoms with van der Waals surface area (Å²) in [4.78, 5) is 76.0. The third-order valence-corrected chi connectivity index (χ3v) is 6.92. The molecule has 12 heteroatoms. The van der Waals surface area contributed by atoms with Gasteiger partial charge in [-0.25, -0.2) is 4.79 Å². The van der Waals surface area contributed by atoms with Crippen molar-refractivity contribution in [2.24, 2.45) is 17.6 Å². The number of nitrogens with two attached hydrogens (primary N) is 1. The highest BCUT2D eigenvalue weighted by Gasteiger charge is 2.34. The lowest BCUT2D eigenvalue weighted by atomic mass is 9.94. The molecular weight excluding hydrogens is 566 g/mol. The average molecular weight is 610 g/mol. The van der Waals surface area contributed by atoms with Crippen molar-refractivity contribution in [3.8, 4) is 0 Å². The van der Waals surface area contributed by atoms with E-state index in [4.69, 9.17) is 10.5 Å². The summed E-state index contributed by atoms with van der Waals surface area (Å²) in [5.74, 6) is -4.59. The molecule has 1 unspecified atom stereocenters. The lowest BCUT2D eigenvalue weighted by Crippen LogP contribution is -2.56. The smallest absolute Gasteiger partial charge is 0.408 e. The molecule has 44 heavy (non-hydrogen) atoms. The van der Waals surface area contributed by atoms with Gasteiger partial charge in [-0.15, -0.1) is 0 Å². The van der Waals surface area contributed by atoms with Crippen LogP contribution in [0.4, 0.5) is 4.79 Å². The Morgan fingerprint density at radius 3 is 1.93 bits per heavy atom. The van der Waals surface area contributed by atoms with E-state index in [1.807, 2.05) is 38.1 Å². The summed E-state index contributed by atoms with van der Waals surface area (Å²) in [5, 5.41) is 9.89. The summed E-state index contributed by atoms with van der Waals surface area (Å²) >= 11 is 0. The number of ether oxygens (including phenoxy) is 1. The molecule has 0 fully saturated rings. The van der Waals surface area contributed by atoms with Crippen LogP contribution in [0.15, 0.2) is 60.7 Å². The Hall–Kier alpha value is -4.74. The first kappa shape index (κ1) is 35.5. The molecule has 0 saturated heterocycles. The first-order valence-electron chi connectivity index (χ1n) is 14.6. The fourth-order valence-electron chi connectivity index (χ4n) is 4.27. The van der Waals surface area contributed by atoms with E-state index in [0.717, 1.165) is 11.1 Å². The minimum absolute atomic E-state index is 0.00542. The number of benzene rings is 2. The minimum Gasteiger partial charge on any atom is -0.445 e. The molecule has 0 aliphatic heterocycles. The van der Waals surface area contributed by atoms with Gasteiger partial charge in [-0.05, 0) is 29.4 Å². The Morgan fingerprint density at radius 1 is 0.795 bits per heavy atom. The largest absolute Gasteiger partial charge is 0.445 e. The van der Waals surface area contributed by atoms with Crippen LogP contribution >= 0.6 is 0 Å². The van der Waals surface area contributed by atoms with Crippen molar-refractivity contribution in [3.63, 3.8) is 0 Å². The maximum Gasteiger partial charge on any atom is 0.408 e. The highest BCUT2D eigenvalue weighted by atomic mass is 16.5. The molecule has 4 atom stereocenters.